The van der Waals surface area contributed by atoms with Crippen LogP contribution in [0.5, 0.6) is 0 Å². The molecule has 0 saturated carbocycles. The van der Waals surface area contributed by atoms with Gasteiger partial charge in [0.05, 0.1) is 0 Å². The molecule has 6 nitrogen and oxygen atoms in total. The maximum atomic E-state index is 12.8. The Balaban J connectivity index is 4.39. The van der Waals surface area contributed by atoms with Gasteiger partial charge >= 0.3 is 17.9 Å². The van der Waals surface area contributed by atoms with Crippen LogP contribution in [0.15, 0.2) is 72.9 Å². The van der Waals surface area contributed by atoms with Crippen LogP contribution in [0, 0.1) is 0 Å². The molecular weight excluding hydrogens is 757 g/mol. The Labute approximate surface area is 376 Å². The van der Waals surface area contributed by atoms with Crippen molar-refractivity contribution in [2.45, 2.75) is 245 Å². The van der Waals surface area contributed by atoms with Crippen molar-refractivity contribution in [1.82, 2.24) is 0 Å². The normalized spacial score (nSPS) is 12.6. The molecule has 0 spiro atoms. The van der Waals surface area contributed by atoms with Crippen LogP contribution in [0.3, 0.4) is 0 Å². The van der Waals surface area contributed by atoms with Crippen molar-refractivity contribution in [1.29, 1.82) is 0 Å². The van der Waals surface area contributed by atoms with Gasteiger partial charge in [-0.05, 0) is 103 Å². The van der Waals surface area contributed by atoms with Gasteiger partial charge in [-0.1, -0.05) is 190 Å². The largest absolute Gasteiger partial charge is 0.462 e. The van der Waals surface area contributed by atoms with Crippen LogP contribution in [-0.2, 0) is 28.6 Å². The van der Waals surface area contributed by atoms with E-state index in [-0.39, 0.29) is 31.1 Å². The second-order valence-electron chi connectivity index (χ2n) is 16.7. The first-order chi connectivity index (χ1) is 30.0. The van der Waals surface area contributed by atoms with Gasteiger partial charge < -0.3 is 14.2 Å². The molecule has 0 rings (SSSR count). The first-order valence-electron chi connectivity index (χ1n) is 25.4. The minimum absolute atomic E-state index is 0.0880. The van der Waals surface area contributed by atoms with Crippen LogP contribution in [0.1, 0.15) is 239 Å². The van der Waals surface area contributed by atoms with E-state index in [1.165, 1.54) is 89.9 Å². The fourth-order valence-corrected chi connectivity index (χ4v) is 6.82. The van der Waals surface area contributed by atoms with Crippen molar-refractivity contribution in [2.24, 2.45) is 0 Å². The van der Waals surface area contributed by atoms with E-state index in [1.54, 1.807) is 0 Å². The van der Waals surface area contributed by atoms with Crippen molar-refractivity contribution < 1.29 is 28.6 Å². The van der Waals surface area contributed by atoms with Crippen molar-refractivity contribution in [3.8, 4) is 0 Å². The fraction of sp³-hybridized carbons (Fsp3) is 0.727. The Kier molecular flexibility index (Phi) is 46.9. The van der Waals surface area contributed by atoms with E-state index in [9.17, 15) is 14.4 Å². The molecular formula is C55H94O6. The molecule has 0 amide bonds. The number of allylic oxidation sites excluding steroid dienone is 12. The second-order valence-corrected chi connectivity index (χ2v) is 16.7. The summed E-state index contributed by atoms with van der Waals surface area (Å²) in [5.41, 5.74) is 0. The average molecular weight is 851 g/mol. The Hall–Kier alpha value is -3.15. The number of carbonyl (C=O) groups excluding carboxylic acids is 3. The minimum atomic E-state index is -0.787. The van der Waals surface area contributed by atoms with Gasteiger partial charge in [-0.25, -0.2) is 0 Å². The van der Waals surface area contributed by atoms with E-state index in [0.29, 0.717) is 19.3 Å². The quantitative estimate of drug-likeness (QED) is 0.0263. The highest BCUT2D eigenvalue weighted by Gasteiger charge is 2.19. The van der Waals surface area contributed by atoms with E-state index in [1.807, 2.05) is 0 Å². The SMILES string of the molecule is CC/C=C\C/C=C\C/C=C\C/C=C\CCCCCCCCC(=O)OCC(COC(=O)CCCCCCC/C=C\CCCC)OC(=O)CCCCCCC/C=C\CCCCCC. The Morgan fingerprint density at radius 1 is 0.344 bits per heavy atom. The number of ether oxygens (including phenoxy) is 3. The van der Waals surface area contributed by atoms with Crippen LogP contribution >= 0.6 is 0 Å². The van der Waals surface area contributed by atoms with Gasteiger partial charge in [0.2, 0.25) is 0 Å². The minimum Gasteiger partial charge on any atom is -0.462 e. The molecule has 6 heteroatoms. The molecule has 0 aromatic heterocycles. The lowest BCUT2D eigenvalue weighted by Crippen LogP contribution is -2.30. The van der Waals surface area contributed by atoms with Crippen molar-refractivity contribution in [3.63, 3.8) is 0 Å². The zero-order chi connectivity index (χ0) is 44.4. The van der Waals surface area contributed by atoms with Crippen LogP contribution < -0.4 is 0 Å². The monoisotopic (exact) mass is 851 g/mol. The summed E-state index contributed by atoms with van der Waals surface area (Å²) >= 11 is 0. The van der Waals surface area contributed by atoms with E-state index in [4.69, 9.17) is 14.2 Å². The molecule has 0 radical (unpaired) electrons. The van der Waals surface area contributed by atoms with Crippen molar-refractivity contribution >= 4 is 17.9 Å². The number of esters is 3. The van der Waals surface area contributed by atoms with Crippen LogP contribution in [0.4, 0.5) is 0 Å². The fourth-order valence-electron chi connectivity index (χ4n) is 6.82. The summed E-state index contributed by atoms with van der Waals surface area (Å²) < 4.78 is 16.7. The van der Waals surface area contributed by atoms with Gasteiger partial charge in [0.15, 0.2) is 6.10 Å². The molecule has 0 N–H and O–H groups in total. The molecule has 0 heterocycles. The van der Waals surface area contributed by atoms with Crippen molar-refractivity contribution in [2.75, 3.05) is 13.2 Å². The number of hydrogen-bond acceptors (Lipinski definition) is 6. The molecule has 0 aliphatic rings. The maximum absolute atomic E-state index is 12.8. The molecule has 0 aliphatic carbocycles. The average Bonchev–Trinajstić information content (AvgIpc) is 3.26. The van der Waals surface area contributed by atoms with Gasteiger partial charge in [0, 0.05) is 19.3 Å². The Morgan fingerprint density at radius 3 is 1.07 bits per heavy atom. The highest BCUT2D eigenvalue weighted by molar-refractivity contribution is 5.71. The summed E-state index contributed by atoms with van der Waals surface area (Å²) in [6.07, 6.45) is 61.7. The van der Waals surface area contributed by atoms with Gasteiger partial charge in [-0.15, -0.1) is 0 Å². The number of unbranched alkanes of at least 4 members (excludes halogenated alkanes) is 22. The maximum Gasteiger partial charge on any atom is 0.306 e. The van der Waals surface area contributed by atoms with E-state index >= 15 is 0 Å². The molecule has 0 aromatic carbocycles. The topological polar surface area (TPSA) is 78.9 Å². The summed E-state index contributed by atoms with van der Waals surface area (Å²) in [5.74, 6) is -0.921. The highest BCUT2D eigenvalue weighted by atomic mass is 16.6. The van der Waals surface area contributed by atoms with E-state index in [0.717, 1.165) is 109 Å². The van der Waals surface area contributed by atoms with E-state index < -0.39 is 6.10 Å². The zero-order valence-electron chi connectivity index (χ0n) is 39.9. The lowest BCUT2D eigenvalue weighted by Gasteiger charge is -2.18. The molecule has 0 aromatic rings. The highest BCUT2D eigenvalue weighted by Crippen LogP contribution is 2.14. The van der Waals surface area contributed by atoms with Gasteiger partial charge in [-0.2, -0.15) is 0 Å². The van der Waals surface area contributed by atoms with Crippen LogP contribution in [0.2, 0.25) is 0 Å². The van der Waals surface area contributed by atoms with Gasteiger partial charge in [0.25, 0.3) is 0 Å². The third-order valence-corrected chi connectivity index (χ3v) is 10.7. The predicted molar refractivity (Wildman–Crippen MR) is 261 cm³/mol. The van der Waals surface area contributed by atoms with Crippen molar-refractivity contribution in [3.05, 3.63) is 72.9 Å². The Bertz CT molecular complexity index is 1160. The third kappa shape index (κ3) is 47.7. The molecule has 1 atom stereocenters. The molecule has 0 fully saturated rings. The van der Waals surface area contributed by atoms with Crippen LogP contribution in [0.25, 0.3) is 0 Å². The summed E-state index contributed by atoms with van der Waals surface area (Å²) in [5, 5.41) is 0. The molecule has 1 unspecified atom stereocenters. The predicted octanol–water partition coefficient (Wildman–Crippen LogP) is 16.6. The second kappa shape index (κ2) is 49.5. The number of hydrogen-bond donors (Lipinski definition) is 0. The number of rotatable bonds is 45. The summed E-state index contributed by atoms with van der Waals surface area (Å²) in [7, 11) is 0. The first-order valence-corrected chi connectivity index (χ1v) is 25.4. The summed E-state index contributed by atoms with van der Waals surface area (Å²) in [6.45, 7) is 6.44. The lowest BCUT2D eigenvalue weighted by molar-refractivity contribution is -0.167. The lowest BCUT2D eigenvalue weighted by atomic mass is 10.1. The van der Waals surface area contributed by atoms with Crippen LogP contribution in [-0.4, -0.2) is 37.2 Å². The summed E-state index contributed by atoms with van der Waals surface area (Å²) in [6, 6.07) is 0. The number of carbonyl (C=O) groups is 3. The Morgan fingerprint density at radius 2 is 0.656 bits per heavy atom. The molecule has 61 heavy (non-hydrogen) atoms. The molecule has 350 valence electrons. The molecule has 0 saturated heterocycles. The standard InChI is InChI=1S/C55H94O6/c1-4-7-10-13-16-19-22-24-25-26-27-28-29-31-33-36-39-42-45-48-54(57)60-51-52(50-59-53(56)47-44-41-38-35-32-21-18-15-12-9-6-3)61-55(58)49-46-43-40-37-34-30-23-20-17-14-11-8-5-2/h7,10,15-16,18-20,23-25,27-28,52H,4-6,8-9,11-14,17,21-22,26,29-51H2,1-3H3/b10-7-,18-15-,19-16-,23-20-,25-24-,28-27-. The molecule has 0 aliphatic heterocycles. The molecule has 0 bridgehead atoms. The third-order valence-electron chi connectivity index (χ3n) is 10.7. The van der Waals surface area contributed by atoms with Gasteiger partial charge in [0.1, 0.15) is 13.2 Å². The zero-order valence-corrected chi connectivity index (χ0v) is 39.9. The smallest absolute Gasteiger partial charge is 0.306 e. The van der Waals surface area contributed by atoms with E-state index in [2.05, 4.69) is 93.7 Å². The first kappa shape index (κ1) is 57.9. The van der Waals surface area contributed by atoms with Gasteiger partial charge in [-0.3, -0.25) is 14.4 Å². The summed E-state index contributed by atoms with van der Waals surface area (Å²) in [4.78, 5) is 37.9.